The van der Waals surface area contributed by atoms with Crippen LogP contribution in [0.5, 0.6) is 0 Å². The van der Waals surface area contributed by atoms with Gasteiger partial charge in [-0.2, -0.15) is 5.26 Å². The smallest absolute Gasteiger partial charge is 0.250 e. The lowest BCUT2D eigenvalue weighted by Crippen LogP contribution is -2.59. The van der Waals surface area contributed by atoms with Crippen molar-refractivity contribution < 1.29 is 33.2 Å². The summed E-state index contributed by atoms with van der Waals surface area (Å²) < 4.78 is 38.6. The van der Waals surface area contributed by atoms with Crippen molar-refractivity contribution in [1.82, 2.24) is 9.62 Å². The second kappa shape index (κ2) is 12.5. The van der Waals surface area contributed by atoms with Crippen LogP contribution in [0.4, 0.5) is 5.69 Å². The highest BCUT2D eigenvalue weighted by Gasteiger charge is 2.42. The van der Waals surface area contributed by atoms with Crippen LogP contribution in [0.3, 0.4) is 0 Å². The topological polar surface area (TPSA) is 164 Å². The molecule has 2 aliphatic heterocycles. The van der Waals surface area contributed by atoms with E-state index in [1.54, 1.807) is 18.2 Å². The predicted molar refractivity (Wildman–Crippen MR) is 143 cm³/mol. The molecule has 11 nitrogen and oxygen atoms in total. The lowest BCUT2D eigenvalue weighted by Gasteiger charge is -2.39. The Morgan fingerprint density at radius 2 is 1.82 bits per heavy atom. The summed E-state index contributed by atoms with van der Waals surface area (Å²) in [5.41, 5.74) is 1.52. The fourth-order valence-corrected chi connectivity index (χ4v) is 5.49. The Morgan fingerprint density at radius 1 is 1.11 bits per heavy atom. The highest BCUT2D eigenvalue weighted by atomic mass is 32.2. The van der Waals surface area contributed by atoms with Gasteiger partial charge in [-0.25, -0.2) is 13.1 Å². The number of anilines is 1. The number of ether oxygens (including phenoxy) is 2. The first-order valence-electron chi connectivity index (χ1n) is 12.6. The van der Waals surface area contributed by atoms with Crippen molar-refractivity contribution in [2.24, 2.45) is 0 Å². The normalized spacial score (nSPS) is 27.2. The number of benzene rings is 2. The number of hydrogen-bond donors (Lipinski definition) is 5. The Bertz CT molecular complexity index is 1290. The largest absolute Gasteiger partial charge is 0.388 e. The van der Waals surface area contributed by atoms with Crippen LogP contribution in [-0.4, -0.2) is 105 Å². The van der Waals surface area contributed by atoms with Crippen molar-refractivity contribution in [2.45, 2.75) is 37.4 Å². The Morgan fingerprint density at radius 3 is 2.55 bits per heavy atom. The van der Waals surface area contributed by atoms with Gasteiger partial charge in [0.1, 0.15) is 30.5 Å². The molecule has 2 aromatic rings. The first kappa shape index (κ1) is 28.4. The molecule has 4 rings (SSSR count). The average molecular weight is 547 g/mol. The fourth-order valence-electron chi connectivity index (χ4n) is 4.54. The third-order valence-corrected chi connectivity index (χ3v) is 8.18. The van der Waals surface area contributed by atoms with Crippen LogP contribution in [0.25, 0.3) is 16.8 Å². The zero-order valence-corrected chi connectivity index (χ0v) is 22.0. The molecule has 0 bridgehead atoms. The standard InChI is InChI=1S/C26H34N4O7S/c1-17-24(31)26(33)25(32)23(37-17)16-29-38(34,35)22(15-27)13-18-2-3-20-14-21(5-4-19(20)12-18)28-6-7-30-8-10-36-11-9-30/h2-5,12-14,17,23-26,28-29,31-33H,6-11,16H2,1H3/b22-13+/t17?,23-,24+,25-,26-/m1/s1. The van der Waals surface area contributed by atoms with Gasteiger partial charge in [0.25, 0.3) is 10.0 Å². The van der Waals surface area contributed by atoms with Crippen molar-refractivity contribution in [3.8, 4) is 6.07 Å². The van der Waals surface area contributed by atoms with Crippen molar-refractivity contribution in [3.63, 3.8) is 0 Å². The van der Waals surface area contributed by atoms with E-state index in [1.807, 2.05) is 24.3 Å². The van der Waals surface area contributed by atoms with E-state index < -0.39 is 45.4 Å². The number of aliphatic hydroxyl groups is 3. The van der Waals surface area contributed by atoms with Gasteiger partial charge in [0.05, 0.1) is 19.3 Å². The van der Waals surface area contributed by atoms with Crippen molar-refractivity contribution in [3.05, 3.63) is 46.9 Å². The van der Waals surface area contributed by atoms with Crippen LogP contribution in [0.1, 0.15) is 12.5 Å². The fraction of sp³-hybridized carbons (Fsp3) is 0.500. The molecule has 5 N–H and O–H groups in total. The van der Waals surface area contributed by atoms with E-state index in [1.165, 1.54) is 13.0 Å². The van der Waals surface area contributed by atoms with Crippen LogP contribution in [0.15, 0.2) is 41.3 Å². The molecule has 12 heteroatoms. The molecule has 0 aliphatic carbocycles. The van der Waals surface area contributed by atoms with Gasteiger partial charge in [0.2, 0.25) is 0 Å². The molecular formula is C26H34N4O7S. The number of allylic oxidation sites excluding steroid dienone is 1. The van der Waals surface area contributed by atoms with E-state index in [2.05, 4.69) is 14.9 Å². The summed E-state index contributed by atoms with van der Waals surface area (Å²) in [5.74, 6) is 0. The first-order chi connectivity index (χ1) is 18.2. The van der Waals surface area contributed by atoms with Gasteiger partial charge in [-0.15, -0.1) is 0 Å². The van der Waals surface area contributed by atoms with Gasteiger partial charge in [-0.3, -0.25) is 4.90 Å². The summed E-state index contributed by atoms with van der Waals surface area (Å²) >= 11 is 0. The van der Waals surface area contributed by atoms with Gasteiger partial charge in [0.15, 0.2) is 4.91 Å². The molecule has 2 aromatic carbocycles. The van der Waals surface area contributed by atoms with Crippen LogP contribution in [-0.2, 0) is 19.5 Å². The van der Waals surface area contributed by atoms with E-state index in [9.17, 15) is 29.0 Å². The number of nitriles is 1. The monoisotopic (exact) mass is 546 g/mol. The molecule has 0 spiro atoms. The number of aliphatic hydroxyl groups excluding tert-OH is 3. The Kier molecular flexibility index (Phi) is 9.35. The van der Waals surface area contributed by atoms with E-state index in [4.69, 9.17) is 9.47 Å². The summed E-state index contributed by atoms with van der Waals surface area (Å²) in [7, 11) is -4.23. The number of fused-ring (bicyclic) bond motifs is 1. The molecule has 0 amide bonds. The summed E-state index contributed by atoms with van der Waals surface area (Å²) in [6, 6.07) is 13.0. The molecule has 0 radical (unpaired) electrons. The summed E-state index contributed by atoms with van der Waals surface area (Å²) in [6.45, 7) is 6.28. The van der Waals surface area contributed by atoms with E-state index in [0.717, 1.165) is 55.9 Å². The van der Waals surface area contributed by atoms with Crippen LogP contribution in [0, 0.1) is 11.3 Å². The predicted octanol–water partition coefficient (Wildman–Crippen LogP) is 0.238. The quantitative estimate of drug-likeness (QED) is 0.275. The van der Waals surface area contributed by atoms with E-state index in [0.29, 0.717) is 5.56 Å². The Labute approximate surface area is 222 Å². The van der Waals surface area contributed by atoms with Crippen molar-refractivity contribution in [2.75, 3.05) is 51.3 Å². The molecule has 0 aromatic heterocycles. The van der Waals surface area contributed by atoms with Gasteiger partial charge >= 0.3 is 0 Å². The summed E-state index contributed by atoms with van der Waals surface area (Å²) in [6.07, 6.45) is -4.87. The molecule has 206 valence electrons. The van der Waals surface area contributed by atoms with Crippen LogP contribution in [0.2, 0.25) is 0 Å². The Balaban J connectivity index is 1.40. The van der Waals surface area contributed by atoms with Gasteiger partial charge in [-0.05, 0) is 47.5 Å². The lowest BCUT2D eigenvalue weighted by molar-refractivity contribution is -0.214. The second-order valence-electron chi connectivity index (χ2n) is 9.53. The maximum Gasteiger partial charge on any atom is 0.250 e. The minimum Gasteiger partial charge on any atom is -0.388 e. The molecule has 5 atom stereocenters. The van der Waals surface area contributed by atoms with Gasteiger partial charge < -0.3 is 30.1 Å². The third kappa shape index (κ3) is 6.88. The minimum absolute atomic E-state index is 0.379. The highest BCUT2D eigenvalue weighted by molar-refractivity contribution is 7.93. The third-order valence-electron chi connectivity index (χ3n) is 6.85. The van der Waals surface area contributed by atoms with Crippen LogP contribution >= 0.6 is 0 Å². The number of sulfonamides is 1. The maximum atomic E-state index is 12.8. The first-order valence-corrected chi connectivity index (χ1v) is 14.0. The summed E-state index contributed by atoms with van der Waals surface area (Å²) in [4.78, 5) is 1.85. The van der Waals surface area contributed by atoms with E-state index >= 15 is 0 Å². The second-order valence-corrected chi connectivity index (χ2v) is 11.3. The van der Waals surface area contributed by atoms with Crippen molar-refractivity contribution >= 4 is 32.6 Å². The molecule has 0 saturated carbocycles. The number of rotatable bonds is 9. The molecule has 2 aliphatic rings. The van der Waals surface area contributed by atoms with Gasteiger partial charge in [0, 0.05) is 38.4 Å². The van der Waals surface area contributed by atoms with E-state index in [-0.39, 0.29) is 6.54 Å². The number of nitrogens with one attached hydrogen (secondary N) is 2. The average Bonchev–Trinajstić information content (AvgIpc) is 2.92. The van der Waals surface area contributed by atoms with Crippen molar-refractivity contribution in [1.29, 1.82) is 5.26 Å². The summed E-state index contributed by atoms with van der Waals surface area (Å²) in [5, 5.41) is 44.7. The molecule has 2 heterocycles. The lowest BCUT2D eigenvalue weighted by atomic mass is 9.96. The number of morpholine rings is 1. The number of nitrogens with zero attached hydrogens (tertiary/aromatic N) is 2. The maximum absolute atomic E-state index is 12.8. The highest BCUT2D eigenvalue weighted by Crippen LogP contribution is 2.24. The molecular weight excluding hydrogens is 512 g/mol. The molecule has 2 fully saturated rings. The molecule has 38 heavy (non-hydrogen) atoms. The number of hydrogen-bond acceptors (Lipinski definition) is 10. The zero-order valence-electron chi connectivity index (χ0n) is 21.2. The van der Waals surface area contributed by atoms with Crippen LogP contribution < -0.4 is 10.0 Å². The van der Waals surface area contributed by atoms with Gasteiger partial charge in [-0.1, -0.05) is 18.2 Å². The zero-order chi connectivity index (χ0) is 27.3. The SMILES string of the molecule is CC1O[C@H](CNS(=O)(=O)/C(C#N)=C/c2ccc3cc(NCCN4CCOCC4)ccc3c2)[C@@H](O)[C@H](O)[C@H]1O. The minimum atomic E-state index is -4.23. The molecule has 2 saturated heterocycles. The Hall–Kier alpha value is -2.60. The molecule has 1 unspecified atom stereocenters.